The summed E-state index contributed by atoms with van der Waals surface area (Å²) in [4.78, 5) is 12.1. The molecule has 0 spiro atoms. The molecule has 0 radical (unpaired) electrons. The Hall–Kier alpha value is -0.630. The van der Waals surface area contributed by atoms with Crippen molar-refractivity contribution in [3.8, 4) is 0 Å². The molecule has 2 heteroatoms. The number of Topliss-reactive ketones (excluding diaryl/α,β-unsaturated/α-hetero) is 1. The Bertz CT molecular complexity index is 402. The second kappa shape index (κ2) is 5.63. The molecule has 0 heterocycles. The van der Waals surface area contributed by atoms with Crippen molar-refractivity contribution in [2.24, 2.45) is 17.3 Å². The molecular formula is C18H30O2. The minimum absolute atomic E-state index is 0.128. The molecule has 2 nitrogen and oxygen atoms in total. The maximum Gasteiger partial charge on any atom is 0.137 e. The number of carbonyl (C=O) groups is 1. The summed E-state index contributed by atoms with van der Waals surface area (Å²) in [6, 6.07) is 0. The lowest BCUT2D eigenvalue weighted by Gasteiger charge is -2.40. The third kappa shape index (κ3) is 3.16. The highest BCUT2D eigenvalue weighted by atomic mass is 16.3. The second-order valence-corrected chi connectivity index (χ2v) is 7.79. The molecule has 3 atom stereocenters. The van der Waals surface area contributed by atoms with Crippen molar-refractivity contribution in [3.05, 3.63) is 11.6 Å². The Morgan fingerprint density at radius 2 is 2.20 bits per heavy atom. The lowest BCUT2D eigenvalue weighted by atomic mass is 9.63. The van der Waals surface area contributed by atoms with E-state index in [0.29, 0.717) is 11.7 Å². The molecule has 2 rings (SSSR count). The van der Waals surface area contributed by atoms with Gasteiger partial charge in [0.2, 0.25) is 0 Å². The van der Waals surface area contributed by atoms with Crippen molar-refractivity contribution in [2.75, 3.05) is 0 Å². The fraction of sp³-hybridized carbons (Fsp3) is 0.833. The molecule has 0 aliphatic heterocycles. The van der Waals surface area contributed by atoms with Crippen molar-refractivity contribution in [3.63, 3.8) is 0 Å². The highest BCUT2D eigenvalue weighted by Gasteiger charge is 2.47. The minimum atomic E-state index is -0.559. The molecule has 0 bridgehead atoms. The standard InChI is InChI=1S/C18H30O2/c1-13(7-5-11-17(2,3)20)14-9-10-15-16(19)8-6-12-18(14,15)4/h9,13,15,20H,5-8,10-12H2,1-4H3/t13-,15+,18-/m1/s1. The molecule has 20 heavy (non-hydrogen) atoms. The molecule has 0 aromatic rings. The van der Waals surface area contributed by atoms with E-state index in [9.17, 15) is 9.90 Å². The van der Waals surface area contributed by atoms with Crippen molar-refractivity contribution in [1.29, 1.82) is 0 Å². The molecule has 0 aromatic heterocycles. The largest absolute Gasteiger partial charge is 0.390 e. The van der Waals surface area contributed by atoms with Crippen LogP contribution in [0.5, 0.6) is 0 Å². The second-order valence-electron chi connectivity index (χ2n) is 7.79. The van der Waals surface area contributed by atoms with E-state index in [0.717, 1.165) is 38.5 Å². The van der Waals surface area contributed by atoms with Gasteiger partial charge in [0.15, 0.2) is 0 Å². The molecule has 0 amide bonds. The van der Waals surface area contributed by atoms with E-state index in [2.05, 4.69) is 19.9 Å². The first-order valence-corrected chi connectivity index (χ1v) is 8.20. The van der Waals surface area contributed by atoms with Gasteiger partial charge in [-0.3, -0.25) is 4.79 Å². The molecular weight excluding hydrogens is 248 g/mol. The zero-order valence-corrected chi connectivity index (χ0v) is 13.5. The van der Waals surface area contributed by atoms with E-state index in [4.69, 9.17) is 0 Å². The zero-order valence-electron chi connectivity index (χ0n) is 13.5. The smallest absolute Gasteiger partial charge is 0.137 e. The first kappa shape index (κ1) is 15.8. The summed E-state index contributed by atoms with van der Waals surface area (Å²) in [7, 11) is 0. The van der Waals surface area contributed by atoms with Crippen LogP contribution in [0.25, 0.3) is 0 Å². The van der Waals surface area contributed by atoms with Crippen LogP contribution in [0.4, 0.5) is 0 Å². The van der Waals surface area contributed by atoms with Gasteiger partial charge in [-0.05, 0) is 57.3 Å². The monoisotopic (exact) mass is 278 g/mol. The van der Waals surface area contributed by atoms with Crippen molar-refractivity contribution < 1.29 is 9.90 Å². The lowest BCUT2D eigenvalue weighted by molar-refractivity contribution is -0.128. The Morgan fingerprint density at radius 3 is 2.85 bits per heavy atom. The summed E-state index contributed by atoms with van der Waals surface area (Å²) in [5.74, 6) is 1.27. The van der Waals surface area contributed by atoms with Crippen molar-refractivity contribution >= 4 is 5.78 Å². The molecule has 1 fully saturated rings. The van der Waals surface area contributed by atoms with Crippen LogP contribution in [0, 0.1) is 17.3 Å². The predicted octanol–water partition coefficient (Wildman–Crippen LogP) is 4.27. The van der Waals surface area contributed by atoms with Crippen molar-refractivity contribution in [2.45, 2.75) is 78.2 Å². The Balaban J connectivity index is 1.97. The first-order valence-electron chi connectivity index (χ1n) is 8.20. The number of ketones is 1. The van der Waals surface area contributed by atoms with Crippen LogP contribution in [0.3, 0.4) is 0 Å². The molecule has 0 saturated heterocycles. The molecule has 2 aliphatic rings. The SMILES string of the molecule is C[C@H](CCCC(C)(C)O)C1=CC[C@H]2C(=O)CCC[C@]12C. The van der Waals surface area contributed by atoms with Crippen LogP contribution < -0.4 is 0 Å². The number of fused-ring (bicyclic) bond motifs is 1. The van der Waals surface area contributed by atoms with Gasteiger partial charge in [-0.2, -0.15) is 0 Å². The molecule has 1 N–H and O–H groups in total. The normalized spacial score (nSPS) is 31.9. The fourth-order valence-electron chi connectivity index (χ4n) is 4.31. The number of hydrogen-bond donors (Lipinski definition) is 1. The van der Waals surface area contributed by atoms with Gasteiger partial charge in [0.05, 0.1) is 5.60 Å². The van der Waals surface area contributed by atoms with Gasteiger partial charge in [0, 0.05) is 12.3 Å². The third-order valence-electron chi connectivity index (χ3n) is 5.47. The zero-order chi connectivity index (χ0) is 15.0. The molecule has 0 unspecified atom stereocenters. The predicted molar refractivity (Wildman–Crippen MR) is 82.5 cm³/mol. The highest BCUT2D eigenvalue weighted by molar-refractivity contribution is 5.84. The van der Waals surface area contributed by atoms with Crippen LogP contribution in [0.2, 0.25) is 0 Å². The molecule has 114 valence electrons. The highest BCUT2D eigenvalue weighted by Crippen LogP contribution is 2.53. The minimum Gasteiger partial charge on any atom is -0.390 e. The number of carbonyl (C=O) groups excluding carboxylic acids is 1. The Morgan fingerprint density at radius 1 is 1.50 bits per heavy atom. The van der Waals surface area contributed by atoms with E-state index in [1.807, 2.05) is 13.8 Å². The van der Waals surface area contributed by atoms with Crippen LogP contribution in [0.15, 0.2) is 11.6 Å². The van der Waals surface area contributed by atoms with Gasteiger partial charge in [0.1, 0.15) is 5.78 Å². The lowest BCUT2D eigenvalue weighted by Crippen LogP contribution is -2.36. The fourth-order valence-corrected chi connectivity index (χ4v) is 4.31. The van der Waals surface area contributed by atoms with Crippen LogP contribution in [-0.4, -0.2) is 16.5 Å². The average Bonchev–Trinajstić information content (AvgIpc) is 2.66. The van der Waals surface area contributed by atoms with E-state index in [1.54, 1.807) is 0 Å². The van der Waals surface area contributed by atoms with E-state index in [1.165, 1.54) is 12.0 Å². The van der Waals surface area contributed by atoms with Gasteiger partial charge in [-0.25, -0.2) is 0 Å². The summed E-state index contributed by atoms with van der Waals surface area (Å²) >= 11 is 0. The number of allylic oxidation sites excluding steroid dienone is 2. The summed E-state index contributed by atoms with van der Waals surface area (Å²) in [6.07, 6.45) is 9.34. The Labute approximate surface area is 123 Å². The van der Waals surface area contributed by atoms with Crippen molar-refractivity contribution in [1.82, 2.24) is 0 Å². The number of aliphatic hydroxyl groups is 1. The summed E-state index contributed by atoms with van der Waals surface area (Å²) in [6.45, 7) is 8.36. The van der Waals surface area contributed by atoms with E-state index >= 15 is 0 Å². The average molecular weight is 278 g/mol. The molecule has 0 aromatic carbocycles. The summed E-state index contributed by atoms with van der Waals surface area (Å²) in [5.41, 5.74) is 1.09. The maximum atomic E-state index is 12.1. The van der Waals surface area contributed by atoms with Gasteiger partial charge in [-0.1, -0.05) is 31.9 Å². The number of rotatable bonds is 5. The van der Waals surface area contributed by atoms with Crippen LogP contribution in [0.1, 0.15) is 72.6 Å². The molecule has 1 saturated carbocycles. The van der Waals surface area contributed by atoms with Crippen LogP contribution in [-0.2, 0) is 4.79 Å². The van der Waals surface area contributed by atoms with Gasteiger partial charge in [-0.15, -0.1) is 0 Å². The summed E-state index contributed by atoms with van der Waals surface area (Å²) < 4.78 is 0. The third-order valence-corrected chi connectivity index (χ3v) is 5.47. The van der Waals surface area contributed by atoms with E-state index in [-0.39, 0.29) is 11.3 Å². The topological polar surface area (TPSA) is 37.3 Å². The molecule has 2 aliphatic carbocycles. The van der Waals surface area contributed by atoms with Gasteiger partial charge in [0.25, 0.3) is 0 Å². The van der Waals surface area contributed by atoms with Gasteiger partial charge >= 0.3 is 0 Å². The first-order chi connectivity index (χ1) is 9.24. The summed E-state index contributed by atoms with van der Waals surface area (Å²) in [5, 5.41) is 9.81. The van der Waals surface area contributed by atoms with Gasteiger partial charge < -0.3 is 5.11 Å². The Kier molecular flexibility index (Phi) is 4.44. The van der Waals surface area contributed by atoms with Crippen LogP contribution >= 0.6 is 0 Å². The van der Waals surface area contributed by atoms with E-state index < -0.39 is 5.60 Å². The maximum absolute atomic E-state index is 12.1. The number of hydrogen-bond acceptors (Lipinski definition) is 2. The quantitative estimate of drug-likeness (QED) is 0.763.